The molecular formula is C28H27ClF5N5O4. The van der Waals surface area contributed by atoms with Gasteiger partial charge in [0.2, 0.25) is 5.91 Å². The summed E-state index contributed by atoms with van der Waals surface area (Å²) in [6, 6.07) is 12.8. The van der Waals surface area contributed by atoms with Gasteiger partial charge in [0.05, 0.1) is 34.3 Å². The zero-order valence-electron chi connectivity index (χ0n) is 22.9. The normalized spacial score (nSPS) is 23.3. The van der Waals surface area contributed by atoms with E-state index in [0.717, 1.165) is 0 Å². The summed E-state index contributed by atoms with van der Waals surface area (Å²) < 4.78 is 59.7. The van der Waals surface area contributed by atoms with Crippen LogP contribution in [0.25, 0.3) is 0 Å². The molecule has 15 heteroatoms. The summed E-state index contributed by atoms with van der Waals surface area (Å²) in [6.07, 6.45) is -5.20. The third kappa shape index (κ3) is 7.59. The van der Waals surface area contributed by atoms with Crippen LogP contribution >= 0.6 is 11.6 Å². The predicted octanol–water partition coefficient (Wildman–Crippen LogP) is 5.89. The van der Waals surface area contributed by atoms with Crippen LogP contribution in [0.4, 0.5) is 27.6 Å². The Kier molecular flexibility index (Phi) is 9.70. The van der Waals surface area contributed by atoms with Crippen LogP contribution < -0.4 is 10.6 Å². The van der Waals surface area contributed by atoms with Gasteiger partial charge in [-0.1, -0.05) is 36.7 Å². The molecule has 1 heterocycles. The highest BCUT2D eigenvalue weighted by molar-refractivity contribution is 6.35. The second kappa shape index (κ2) is 12.5. The van der Waals surface area contributed by atoms with Gasteiger partial charge in [-0.3, -0.25) is 19.9 Å². The van der Waals surface area contributed by atoms with E-state index in [4.69, 9.17) is 32.2 Å². The molecule has 9 nitrogen and oxygen atoms in total. The van der Waals surface area contributed by atoms with Crippen LogP contribution in [0.5, 0.6) is 0 Å². The highest BCUT2D eigenvalue weighted by atomic mass is 35.5. The molecule has 0 aromatic heterocycles. The van der Waals surface area contributed by atoms with Crippen LogP contribution in [0.3, 0.4) is 0 Å². The van der Waals surface area contributed by atoms with Crippen LogP contribution in [-0.2, 0) is 15.1 Å². The van der Waals surface area contributed by atoms with Crippen molar-refractivity contribution in [2.75, 3.05) is 5.32 Å². The molecule has 2 amide bonds. The average Bonchev–Trinajstić information content (AvgIpc) is 2.91. The maximum atomic E-state index is 14.0. The van der Waals surface area contributed by atoms with Crippen molar-refractivity contribution in [3.63, 3.8) is 0 Å². The fourth-order valence-electron chi connectivity index (χ4n) is 4.94. The smallest absolute Gasteiger partial charge is 0.475 e. The third-order valence-electron chi connectivity index (χ3n) is 7.27. The average molecular weight is 628 g/mol. The minimum Gasteiger partial charge on any atom is -0.475 e. The molecule has 230 valence electrons. The molecule has 4 N–H and O–H groups in total. The second-order valence-corrected chi connectivity index (χ2v) is 10.8. The predicted molar refractivity (Wildman–Crippen MR) is 146 cm³/mol. The number of alkyl halides is 5. The summed E-state index contributed by atoms with van der Waals surface area (Å²) >= 11 is 6.67. The molecule has 43 heavy (non-hydrogen) atoms. The fourth-order valence-corrected chi connectivity index (χ4v) is 5.33. The molecule has 1 aliphatic carbocycles. The van der Waals surface area contributed by atoms with E-state index in [9.17, 15) is 31.5 Å². The molecule has 0 bridgehead atoms. The standard InChI is InChI=1S/C26H26ClF2N5O2.C2HF3O2/c1-15-11-18(9-10-26(15,28)29)34-21(35)13-25(2,33-24(34)31)19-7-4-8-20(22(19)27)32-23(36)17-6-3-5-16(12-17)14-30;3-2(4,5)1(6)7/h3-8,12,15,18H,9-11,13H2,1-2H3,(H2,31,33)(H,32,36);(H,6,7)/t15-,18-,25+;/m1./s1. The number of hydrogen-bond donors (Lipinski definition) is 4. The van der Waals surface area contributed by atoms with Crippen molar-refractivity contribution in [2.24, 2.45) is 5.92 Å². The molecule has 0 radical (unpaired) electrons. The number of nitriles is 1. The topological polar surface area (TPSA) is 146 Å². The van der Waals surface area contributed by atoms with Crippen LogP contribution in [0.1, 0.15) is 61.0 Å². The van der Waals surface area contributed by atoms with Gasteiger partial charge in [0, 0.05) is 23.9 Å². The molecular weight excluding hydrogens is 601 g/mol. The second-order valence-electron chi connectivity index (χ2n) is 10.5. The summed E-state index contributed by atoms with van der Waals surface area (Å²) in [5.74, 6) is -7.36. The number of guanidine groups is 1. The first-order valence-corrected chi connectivity index (χ1v) is 13.2. The van der Waals surface area contributed by atoms with Crippen LogP contribution in [0.2, 0.25) is 5.02 Å². The lowest BCUT2D eigenvalue weighted by Gasteiger charge is -2.46. The van der Waals surface area contributed by atoms with Crippen LogP contribution in [0, 0.1) is 22.7 Å². The molecule has 4 rings (SSSR count). The van der Waals surface area contributed by atoms with Gasteiger partial charge in [-0.15, -0.1) is 0 Å². The highest BCUT2D eigenvalue weighted by Gasteiger charge is 2.48. The van der Waals surface area contributed by atoms with Crippen molar-refractivity contribution in [3.05, 3.63) is 64.2 Å². The maximum absolute atomic E-state index is 14.0. The Hall–Kier alpha value is -4.25. The van der Waals surface area contributed by atoms with Gasteiger partial charge in [-0.25, -0.2) is 13.6 Å². The number of hydrogen-bond acceptors (Lipinski definition) is 5. The Morgan fingerprint density at radius 2 is 1.86 bits per heavy atom. The van der Waals surface area contributed by atoms with E-state index in [1.807, 2.05) is 6.07 Å². The number of rotatable bonds is 4. The number of aliphatic carboxylic acids is 1. The van der Waals surface area contributed by atoms with Gasteiger partial charge in [0.1, 0.15) is 0 Å². The molecule has 1 saturated heterocycles. The number of nitrogens with one attached hydrogen (secondary N) is 3. The summed E-state index contributed by atoms with van der Waals surface area (Å²) in [5.41, 5.74) is 0.410. The van der Waals surface area contributed by atoms with Crippen molar-refractivity contribution in [1.82, 2.24) is 10.2 Å². The number of anilines is 1. The van der Waals surface area contributed by atoms with E-state index in [0.29, 0.717) is 16.8 Å². The summed E-state index contributed by atoms with van der Waals surface area (Å²) in [6.45, 7) is 3.20. The Labute approximate surface area is 248 Å². The van der Waals surface area contributed by atoms with Gasteiger partial charge in [-0.05, 0) is 49.6 Å². The summed E-state index contributed by atoms with van der Waals surface area (Å²) in [5, 5.41) is 30.7. The van der Waals surface area contributed by atoms with Gasteiger partial charge < -0.3 is 15.7 Å². The number of carboxylic acids is 1. The van der Waals surface area contributed by atoms with Crippen LogP contribution in [-0.4, -0.2) is 51.9 Å². The lowest BCUT2D eigenvalue weighted by molar-refractivity contribution is -0.192. The summed E-state index contributed by atoms with van der Waals surface area (Å²) in [7, 11) is 0. The van der Waals surface area contributed by atoms with Crippen molar-refractivity contribution >= 4 is 41.0 Å². The maximum Gasteiger partial charge on any atom is 0.490 e. The number of halogens is 6. The van der Waals surface area contributed by atoms with Gasteiger partial charge >= 0.3 is 12.1 Å². The molecule has 2 aromatic rings. The largest absolute Gasteiger partial charge is 0.490 e. The molecule has 3 atom stereocenters. The molecule has 0 unspecified atom stereocenters. The van der Waals surface area contributed by atoms with Crippen LogP contribution in [0.15, 0.2) is 42.5 Å². The molecule has 2 aromatic carbocycles. The number of carbonyl (C=O) groups excluding carboxylic acids is 2. The number of amides is 2. The molecule has 2 aliphatic rings. The minimum atomic E-state index is -5.08. The van der Waals surface area contributed by atoms with Crippen molar-refractivity contribution < 1.29 is 41.4 Å². The fraction of sp³-hybridized carbons (Fsp3) is 0.393. The zero-order chi connectivity index (χ0) is 32.3. The van der Waals surface area contributed by atoms with Crippen molar-refractivity contribution in [1.29, 1.82) is 10.7 Å². The number of carboxylic acid groups (broad SMARTS) is 1. The lowest BCUT2D eigenvalue weighted by Crippen LogP contribution is -2.63. The molecule has 0 spiro atoms. The van der Waals surface area contributed by atoms with E-state index in [2.05, 4.69) is 10.6 Å². The number of carbonyl (C=O) groups is 3. The van der Waals surface area contributed by atoms with E-state index >= 15 is 0 Å². The van der Waals surface area contributed by atoms with Crippen molar-refractivity contribution in [2.45, 2.75) is 63.2 Å². The Morgan fingerprint density at radius 1 is 1.23 bits per heavy atom. The van der Waals surface area contributed by atoms with E-state index in [-0.39, 0.29) is 48.1 Å². The number of nitrogens with zero attached hydrogens (tertiary/aromatic N) is 2. The first-order chi connectivity index (χ1) is 19.9. The Bertz CT molecular complexity index is 1460. The highest BCUT2D eigenvalue weighted by Crippen LogP contribution is 2.42. The Balaban J connectivity index is 0.000000646. The van der Waals surface area contributed by atoms with Gasteiger partial charge in [0.15, 0.2) is 5.96 Å². The Morgan fingerprint density at radius 3 is 2.42 bits per heavy atom. The molecule has 2 fully saturated rings. The molecule has 1 saturated carbocycles. The molecule has 1 aliphatic heterocycles. The van der Waals surface area contributed by atoms with Crippen molar-refractivity contribution in [3.8, 4) is 6.07 Å². The monoisotopic (exact) mass is 627 g/mol. The van der Waals surface area contributed by atoms with Gasteiger partial charge in [-0.2, -0.15) is 18.4 Å². The first-order valence-electron chi connectivity index (χ1n) is 12.9. The third-order valence-corrected chi connectivity index (χ3v) is 7.68. The summed E-state index contributed by atoms with van der Waals surface area (Å²) in [4.78, 5) is 36.1. The SMILES string of the molecule is C[C@@H]1C[C@H](N2C(=N)N[C@](C)(c3cccc(NC(=O)c4cccc(C#N)c4)c3Cl)CC2=O)CCC1(F)F.O=C(O)C(F)(F)F. The van der Waals surface area contributed by atoms with E-state index in [1.165, 1.54) is 17.9 Å². The van der Waals surface area contributed by atoms with E-state index in [1.54, 1.807) is 43.3 Å². The number of benzene rings is 2. The zero-order valence-corrected chi connectivity index (χ0v) is 23.6. The van der Waals surface area contributed by atoms with Gasteiger partial charge in [0.25, 0.3) is 11.8 Å². The lowest BCUT2D eigenvalue weighted by atomic mass is 9.81. The van der Waals surface area contributed by atoms with E-state index < -0.39 is 41.5 Å². The first kappa shape index (κ1) is 33.3. The quantitative estimate of drug-likeness (QED) is 0.311. The minimum absolute atomic E-state index is 0.0437.